The molecule has 0 aliphatic rings. The summed E-state index contributed by atoms with van der Waals surface area (Å²) in [5, 5.41) is 11.4. The van der Waals surface area contributed by atoms with Gasteiger partial charge in [-0.25, -0.2) is 9.31 Å². The molecule has 3 heterocycles. The number of nitrogens with zero attached hydrogens (tertiary/aromatic N) is 4. The summed E-state index contributed by atoms with van der Waals surface area (Å²) >= 11 is 0. The number of pyridine rings is 1. The lowest BCUT2D eigenvalue weighted by molar-refractivity contribution is 0.0528. The second-order valence-corrected chi connectivity index (χ2v) is 6.38. The molecule has 8 heteroatoms. The van der Waals surface area contributed by atoms with Crippen molar-refractivity contribution < 1.29 is 14.3 Å². The minimum atomic E-state index is -0.454. The van der Waals surface area contributed by atoms with Gasteiger partial charge in [0.1, 0.15) is 11.3 Å². The molecule has 0 spiro atoms. The molecule has 0 atom stereocenters. The highest BCUT2D eigenvalue weighted by molar-refractivity contribution is 6.04. The number of benzene rings is 1. The number of ether oxygens (including phenoxy) is 1. The number of amides is 1. The molecule has 1 amide bonds. The first kappa shape index (κ1) is 18.4. The molecule has 4 aromatic rings. The van der Waals surface area contributed by atoms with E-state index in [1.807, 2.05) is 30.3 Å². The van der Waals surface area contributed by atoms with Crippen molar-refractivity contribution in [1.82, 2.24) is 19.4 Å². The molecule has 29 heavy (non-hydrogen) atoms. The lowest BCUT2D eigenvalue weighted by Gasteiger charge is -2.06. The Morgan fingerprint density at radius 1 is 1.14 bits per heavy atom. The van der Waals surface area contributed by atoms with Gasteiger partial charge in [0.15, 0.2) is 0 Å². The molecule has 1 aromatic carbocycles. The monoisotopic (exact) mass is 389 g/mol. The molecule has 0 bridgehead atoms. The van der Waals surface area contributed by atoms with Gasteiger partial charge < -0.3 is 10.1 Å². The van der Waals surface area contributed by atoms with Gasteiger partial charge in [-0.05, 0) is 25.1 Å². The van der Waals surface area contributed by atoms with Crippen LogP contribution in [-0.4, -0.2) is 37.9 Å². The van der Waals surface area contributed by atoms with Crippen molar-refractivity contribution in [2.75, 3.05) is 11.9 Å². The third-order valence-electron chi connectivity index (χ3n) is 4.46. The van der Waals surface area contributed by atoms with Gasteiger partial charge in [-0.15, -0.1) is 0 Å². The Morgan fingerprint density at radius 2 is 1.93 bits per heavy atom. The third-order valence-corrected chi connectivity index (χ3v) is 4.46. The quantitative estimate of drug-likeness (QED) is 0.530. The van der Waals surface area contributed by atoms with E-state index < -0.39 is 5.97 Å². The van der Waals surface area contributed by atoms with E-state index in [0.29, 0.717) is 28.2 Å². The summed E-state index contributed by atoms with van der Waals surface area (Å²) in [4.78, 5) is 24.9. The van der Waals surface area contributed by atoms with Crippen LogP contribution in [0.25, 0.3) is 16.8 Å². The summed E-state index contributed by atoms with van der Waals surface area (Å²) in [5.41, 5.74) is 3.50. The minimum Gasteiger partial charge on any atom is -0.462 e. The van der Waals surface area contributed by atoms with Crippen LogP contribution in [0.3, 0.4) is 0 Å². The van der Waals surface area contributed by atoms with Crippen LogP contribution in [0.2, 0.25) is 0 Å². The fraction of sp³-hybridized carbons (Fsp3) is 0.143. The second kappa shape index (κ2) is 7.59. The maximum Gasteiger partial charge on any atom is 0.341 e. The Morgan fingerprint density at radius 3 is 2.69 bits per heavy atom. The number of rotatable bonds is 5. The fourth-order valence-corrected chi connectivity index (χ4v) is 3.05. The zero-order valence-electron chi connectivity index (χ0n) is 16.0. The van der Waals surface area contributed by atoms with Crippen molar-refractivity contribution >= 4 is 23.1 Å². The van der Waals surface area contributed by atoms with Crippen LogP contribution < -0.4 is 5.32 Å². The number of hydrogen-bond donors (Lipinski definition) is 1. The first-order valence-electron chi connectivity index (χ1n) is 9.12. The lowest BCUT2D eigenvalue weighted by atomic mass is 10.1. The number of aromatic nitrogens is 4. The van der Waals surface area contributed by atoms with Crippen LogP contribution in [0.5, 0.6) is 0 Å². The summed E-state index contributed by atoms with van der Waals surface area (Å²) in [6.07, 6.45) is 3.12. The zero-order chi connectivity index (χ0) is 20.4. The fourth-order valence-electron chi connectivity index (χ4n) is 3.05. The van der Waals surface area contributed by atoms with Crippen molar-refractivity contribution in [3.05, 3.63) is 72.2 Å². The Hall–Kier alpha value is -3.94. The molecule has 0 radical (unpaired) electrons. The molecule has 1 N–H and O–H groups in total. The second-order valence-electron chi connectivity index (χ2n) is 6.38. The molecule has 3 aromatic heterocycles. The van der Waals surface area contributed by atoms with Crippen LogP contribution in [0.4, 0.5) is 5.69 Å². The number of carbonyl (C=O) groups is 2. The van der Waals surface area contributed by atoms with Crippen molar-refractivity contribution in [2.24, 2.45) is 7.05 Å². The predicted octanol–water partition coefficient (Wildman–Crippen LogP) is 3.16. The molecule has 4 rings (SSSR count). The van der Waals surface area contributed by atoms with Crippen LogP contribution in [-0.2, 0) is 11.8 Å². The molecule has 0 saturated carbocycles. The predicted molar refractivity (Wildman–Crippen MR) is 108 cm³/mol. The smallest absolute Gasteiger partial charge is 0.341 e. The average molecular weight is 389 g/mol. The Bertz CT molecular complexity index is 1190. The van der Waals surface area contributed by atoms with Gasteiger partial charge in [0.05, 0.1) is 24.0 Å². The largest absolute Gasteiger partial charge is 0.462 e. The number of hydrogen-bond acceptors (Lipinski definition) is 5. The van der Waals surface area contributed by atoms with E-state index in [9.17, 15) is 9.59 Å². The molecule has 0 aliphatic heterocycles. The number of fused-ring (bicyclic) bond motifs is 1. The summed E-state index contributed by atoms with van der Waals surface area (Å²) in [5.74, 6) is -0.756. The maximum atomic E-state index is 12.8. The highest BCUT2D eigenvalue weighted by Crippen LogP contribution is 2.21. The van der Waals surface area contributed by atoms with Crippen LogP contribution >= 0.6 is 0 Å². The lowest BCUT2D eigenvalue weighted by Crippen LogP contribution is -2.16. The van der Waals surface area contributed by atoms with E-state index in [2.05, 4.69) is 15.5 Å². The highest BCUT2D eigenvalue weighted by Gasteiger charge is 2.17. The first-order valence-corrected chi connectivity index (χ1v) is 9.12. The van der Waals surface area contributed by atoms with Crippen molar-refractivity contribution in [3.8, 4) is 11.3 Å². The highest BCUT2D eigenvalue weighted by atomic mass is 16.5. The SMILES string of the molecule is CCOC(=O)c1cnn2ccc(NC(=O)c3cc(-c4ccccc4)nn3C)cc12. The summed E-state index contributed by atoms with van der Waals surface area (Å²) in [6, 6.07) is 14.8. The first-order chi connectivity index (χ1) is 14.1. The molecule has 0 aliphatic carbocycles. The number of carbonyl (C=O) groups excluding carboxylic acids is 2. The van der Waals surface area contributed by atoms with Gasteiger partial charge >= 0.3 is 5.97 Å². The van der Waals surface area contributed by atoms with E-state index >= 15 is 0 Å². The van der Waals surface area contributed by atoms with Crippen molar-refractivity contribution in [3.63, 3.8) is 0 Å². The number of esters is 1. The van der Waals surface area contributed by atoms with E-state index in [4.69, 9.17) is 4.74 Å². The standard InChI is InChI=1S/C21H19N5O3/c1-3-29-21(28)16-13-22-26-10-9-15(11-18(16)26)23-20(27)19-12-17(24-25(19)2)14-7-5-4-6-8-14/h4-13H,3H2,1-2H3,(H,23,27). The van der Waals surface area contributed by atoms with Gasteiger partial charge in [0.2, 0.25) is 0 Å². The van der Waals surface area contributed by atoms with Crippen molar-refractivity contribution in [2.45, 2.75) is 6.92 Å². The minimum absolute atomic E-state index is 0.275. The summed E-state index contributed by atoms with van der Waals surface area (Å²) < 4.78 is 8.15. The Labute approximate surface area is 166 Å². The van der Waals surface area contributed by atoms with Crippen molar-refractivity contribution in [1.29, 1.82) is 0 Å². The van der Waals surface area contributed by atoms with E-state index in [0.717, 1.165) is 5.56 Å². The van der Waals surface area contributed by atoms with Crippen LogP contribution in [0.15, 0.2) is 60.9 Å². The number of aryl methyl sites for hydroxylation is 1. The average Bonchev–Trinajstić information content (AvgIpc) is 3.32. The molecule has 0 saturated heterocycles. The van der Waals surface area contributed by atoms with Gasteiger partial charge in [-0.3, -0.25) is 9.48 Å². The molecule has 8 nitrogen and oxygen atoms in total. The van der Waals surface area contributed by atoms with Gasteiger partial charge in [0, 0.05) is 24.5 Å². The molecule has 146 valence electrons. The summed E-state index contributed by atoms with van der Waals surface area (Å²) in [7, 11) is 1.72. The van der Waals surface area contributed by atoms with E-state index in [1.165, 1.54) is 6.20 Å². The normalized spacial score (nSPS) is 10.8. The Balaban J connectivity index is 1.60. The summed E-state index contributed by atoms with van der Waals surface area (Å²) in [6.45, 7) is 2.02. The van der Waals surface area contributed by atoms with Crippen LogP contribution in [0, 0.1) is 0 Å². The van der Waals surface area contributed by atoms with Gasteiger partial charge in [-0.2, -0.15) is 10.2 Å². The molecule has 0 unspecified atom stereocenters. The topological polar surface area (TPSA) is 90.5 Å². The van der Waals surface area contributed by atoms with Crippen LogP contribution in [0.1, 0.15) is 27.8 Å². The van der Waals surface area contributed by atoms with Gasteiger partial charge in [0.25, 0.3) is 5.91 Å². The number of nitrogens with one attached hydrogen (secondary N) is 1. The van der Waals surface area contributed by atoms with Gasteiger partial charge in [-0.1, -0.05) is 30.3 Å². The zero-order valence-corrected chi connectivity index (χ0v) is 16.0. The van der Waals surface area contributed by atoms with E-state index in [-0.39, 0.29) is 12.5 Å². The number of anilines is 1. The molecule has 0 fully saturated rings. The Kier molecular flexibility index (Phi) is 4.82. The molecular formula is C21H19N5O3. The third kappa shape index (κ3) is 3.60. The maximum absolute atomic E-state index is 12.8. The molecular weight excluding hydrogens is 370 g/mol. The van der Waals surface area contributed by atoms with E-state index in [1.54, 1.807) is 47.6 Å².